The molecule has 0 aromatic carbocycles. The number of hydrogen-bond donors (Lipinski definition) is 2. The first kappa shape index (κ1) is 14.1. The Hall–Kier alpha value is -1.86. The number of carbonyl (C=O) groups is 2. The summed E-state index contributed by atoms with van der Waals surface area (Å²) in [5, 5.41) is 5.02. The highest BCUT2D eigenvalue weighted by Crippen LogP contribution is 2.18. The van der Waals surface area contributed by atoms with Crippen LogP contribution in [0.2, 0.25) is 0 Å². The molecule has 0 aliphatic carbocycles. The zero-order chi connectivity index (χ0) is 14.7. The van der Waals surface area contributed by atoms with Crippen molar-refractivity contribution in [1.29, 1.82) is 0 Å². The lowest BCUT2D eigenvalue weighted by atomic mass is 10.1. The zero-order valence-electron chi connectivity index (χ0n) is 12.0. The maximum atomic E-state index is 12.0. The number of piperazine rings is 3. The summed E-state index contributed by atoms with van der Waals surface area (Å²) >= 11 is 0. The second-order valence-corrected chi connectivity index (χ2v) is 5.82. The number of imide groups is 1. The molecule has 2 bridgehead atoms. The second-order valence-electron chi connectivity index (χ2n) is 5.82. The van der Waals surface area contributed by atoms with Crippen molar-refractivity contribution in [2.45, 2.75) is 6.54 Å². The van der Waals surface area contributed by atoms with Gasteiger partial charge in [-0.2, -0.15) is 0 Å². The maximum absolute atomic E-state index is 12.0. The Morgan fingerprint density at radius 3 is 2.57 bits per heavy atom. The molecule has 1 aromatic heterocycles. The molecule has 4 heterocycles. The van der Waals surface area contributed by atoms with Gasteiger partial charge in [-0.05, 0) is 12.1 Å². The molecule has 114 valence electrons. The molecule has 0 spiro atoms. The molecule has 3 amide bonds. The minimum Gasteiger partial charge on any atom is -0.467 e. The molecule has 3 fully saturated rings. The molecule has 21 heavy (non-hydrogen) atoms. The Kier molecular flexibility index (Phi) is 3.94. The number of carbonyl (C=O) groups excluding carboxylic acids is 2. The number of nitrogens with one attached hydrogen (secondary N) is 2. The standard InChI is InChI=1S/C14H20N4O3/c19-13(11-18-6-3-17(4-7-18)5-8-18)16-14(20)15-10-12-2-1-9-21-12/h1-2,9H,3-8,10-11H2,(H-,15,16,19,20)/p+1. The largest absolute Gasteiger partial charge is 0.467 e. The van der Waals surface area contributed by atoms with Crippen LogP contribution in [0.4, 0.5) is 4.79 Å². The first-order valence-corrected chi connectivity index (χ1v) is 7.33. The van der Waals surface area contributed by atoms with E-state index in [9.17, 15) is 9.59 Å². The summed E-state index contributed by atoms with van der Waals surface area (Å²) in [6.45, 7) is 6.83. The van der Waals surface area contributed by atoms with Crippen LogP contribution in [0.5, 0.6) is 0 Å². The summed E-state index contributed by atoms with van der Waals surface area (Å²) in [6, 6.07) is 3.06. The minimum atomic E-state index is -0.467. The van der Waals surface area contributed by atoms with Crippen LogP contribution in [0, 0.1) is 0 Å². The molecule has 3 saturated heterocycles. The summed E-state index contributed by atoms with van der Waals surface area (Å²) in [5.41, 5.74) is 0. The molecule has 0 radical (unpaired) electrons. The van der Waals surface area contributed by atoms with Gasteiger partial charge in [0.25, 0.3) is 5.91 Å². The lowest BCUT2D eigenvalue weighted by molar-refractivity contribution is -0.933. The molecular formula is C14H21N4O3+. The van der Waals surface area contributed by atoms with Crippen molar-refractivity contribution in [1.82, 2.24) is 15.5 Å². The van der Waals surface area contributed by atoms with Crippen molar-refractivity contribution in [2.75, 3.05) is 45.8 Å². The van der Waals surface area contributed by atoms with E-state index in [0.717, 1.165) is 43.8 Å². The quantitative estimate of drug-likeness (QED) is 0.751. The van der Waals surface area contributed by atoms with Crippen LogP contribution in [0.25, 0.3) is 0 Å². The van der Waals surface area contributed by atoms with E-state index in [4.69, 9.17) is 4.42 Å². The molecule has 3 aliphatic heterocycles. The Morgan fingerprint density at radius 1 is 1.24 bits per heavy atom. The third-order valence-corrected chi connectivity index (χ3v) is 4.41. The highest BCUT2D eigenvalue weighted by Gasteiger charge is 2.39. The molecule has 2 N–H and O–H groups in total. The van der Waals surface area contributed by atoms with Gasteiger partial charge in [0.1, 0.15) is 5.76 Å². The topological polar surface area (TPSA) is 74.6 Å². The highest BCUT2D eigenvalue weighted by molar-refractivity contribution is 5.94. The normalized spacial score (nSPS) is 27.3. The van der Waals surface area contributed by atoms with E-state index < -0.39 is 6.03 Å². The summed E-state index contributed by atoms with van der Waals surface area (Å²) in [4.78, 5) is 26.2. The second kappa shape index (κ2) is 5.87. The SMILES string of the molecule is O=C(C[N+]12CCN(CC1)CC2)NC(=O)NCc1ccco1. The van der Waals surface area contributed by atoms with E-state index in [1.807, 2.05) is 0 Å². The molecule has 0 unspecified atom stereocenters. The summed E-state index contributed by atoms with van der Waals surface area (Å²) < 4.78 is 5.93. The van der Waals surface area contributed by atoms with Crippen LogP contribution in [0.1, 0.15) is 5.76 Å². The first-order chi connectivity index (χ1) is 10.2. The molecule has 7 heteroatoms. The van der Waals surface area contributed by atoms with Gasteiger partial charge in [-0.25, -0.2) is 4.79 Å². The van der Waals surface area contributed by atoms with E-state index in [0.29, 0.717) is 12.3 Å². The molecule has 3 aliphatic rings. The summed E-state index contributed by atoms with van der Waals surface area (Å²) in [6.07, 6.45) is 1.55. The molecular weight excluding hydrogens is 272 g/mol. The average Bonchev–Trinajstić information content (AvgIpc) is 2.99. The van der Waals surface area contributed by atoms with Crippen molar-refractivity contribution in [3.05, 3.63) is 24.2 Å². The smallest absolute Gasteiger partial charge is 0.321 e. The van der Waals surface area contributed by atoms with Gasteiger partial charge < -0.3 is 14.2 Å². The number of rotatable bonds is 4. The van der Waals surface area contributed by atoms with Crippen molar-refractivity contribution < 1.29 is 18.5 Å². The number of urea groups is 1. The molecule has 4 rings (SSSR count). The molecule has 0 atom stereocenters. The predicted molar refractivity (Wildman–Crippen MR) is 75.3 cm³/mol. The van der Waals surface area contributed by atoms with Crippen molar-refractivity contribution in [3.63, 3.8) is 0 Å². The lowest BCUT2D eigenvalue weighted by Gasteiger charge is -2.49. The van der Waals surface area contributed by atoms with Crippen LogP contribution in [0.3, 0.4) is 0 Å². The molecule has 1 aromatic rings. The number of hydrogen-bond acceptors (Lipinski definition) is 4. The predicted octanol–water partition coefficient (Wildman–Crippen LogP) is -0.249. The third kappa shape index (κ3) is 3.43. The number of furan rings is 1. The highest BCUT2D eigenvalue weighted by atomic mass is 16.3. The lowest BCUT2D eigenvalue weighted by Crippen LogP contribution is -2.69. The van der Waals surface area contributed by atoms with Crippen LogP contribution < -0.4 is 10.6 Å². The van der Waals surface area contributed by atoms with E-state index in [1.165, 1.54) is 0 Å². The maximum Gasteiger partial charge on any atom is 0.321 e. The Morgan fingerprint density at radius 2 is 1.95 bits per heavy atom. The fraction of sp³-hybridized carbons (Fsp3) is 0.571. The fourth-order valence-corrected chi connectivity index (χ4v) is 3.06. The van der Waals surface area contributed by atoms with Gasteiger partial charge >= 0.3 is 6.03 Å². The fourth-order valence-electron chi connectivity index (χ4n) is 3.06. The number of nitrogens with zero attached hydrogens (tertiary/aromatic N) is 2. The van der Waals surface area contributed by atoms with Crippen molar-refractivity contribution in [3.8, 4) is 0 Å². The van der Waals surface area contributed by atoms with E-state index in [2.05, 4.69) is 15.5 Å². The van der Waals surface area contributed by atoms with Gasteiger partial charge in [-0.1, -0.05) is 0 Å². The van der Waals surface area contributed by atoms with Gasteiger partial charge in [0.15, 0.2) is 6.54 Å². The van der Waals surface area contributed by atoms with E-state index in [1.54, 1.807) is 18.4 Å². The Bertz CT molecular complexity index is 493. The van der Waals surface area contributed by atoms with E-state index >= 15 is 0 Å². The van der Waals surface area contributed by atoms with Crippen molar-refractivity contribution >= 4 is 11.9 Å². The van der Waals surface area contributed by atoms with Crippen LogP contribution in [-0.4, -0.2) is 67.1 Å². The number of quaternary nitrogens is 1. The van der Waals surface area contributed by atoms with Gasteiger partial charge in [-0.3, -0.25) is 15.0 Å². The van der Waals surface area contributed by atoms with Crippen LogP contribution >= 0.6 is 0 Å². The minimum absolute atomic E-state index is 0.206. The van der Waals surface area contributed by atoms with Gasteiger partial charge in [-0.15, -0.1) is 0 Å². The van der Waals surface area contributed by atoms with Gasteiger partial charge in [0.05, 0.1) is 32.4 Å². The Labute approximate surface area is 123 Å². The zero-order valence-corrected chi connectivity index (χ0v) is 12.0. The third-order valence-electron chi connectivity index (χ3n) is 4.41. The monoisotopic (exact) mass is 293 g/mol. The number of fused-ring (bicyclic) bond motifs is 3. The van der Waals surface area contributed by atoms with E-state index in [-0.39, 0.29) is 12.5 Å². The van der Waals surface area contributed by atoms with Crippen LogP contribution in [0.15, 0.2) is 22.8 Å². The Balaban J connectivity index is 1.44. The number of amides is 3. The van der Waals surface area contributed by atoms with Crippen LogP contribution in [-0.2, 0) is 11.3 Å². The average molecular weight is 293 g/mol. The first-order valence-electron chi connectivity index (χ1n) is 7.33. The van der Waals surface area contributed by atoms with Crippen molar-refractivity contribution in [2.24, 2.45) is 0 Å². The summed E-state index contributed by atoms with van der Waals surface area (Å²) in [5.74, 6) is 0.453. The van der Waals surface area contributed by atoms with Gasteiger partial charge in [0.2, 0.25) is 0 Å². The molecule has 7 nitrogen and oxygen atoms in total. The summed E-state index contributed by atoms with van der Waals surface area (Å²) in [7, 11) is 0. The molecule has 0 saturated carbocycles. The van der Waals surface area contributed by atoms with Gasteiger partial charge in [0, 0.05) is 19.6 Å².